The molecule has 0 aliphatic carbocycles. The topological polar surface area (TPSA) is 38.9 Å². The van der Waals surface area contributed by atoms with Gasteiger partial charge in [-0.1, -0.05) is 15.9 Å². The third-order valence-corrected chi connectivity index (χ3v) is 3.02. The molecule has 0 amide bonds. The number of rotatable bonds is 1. The normalized spacial score (nSPS) is 10.5. The van der Waals surface area contributed by atoms with Crippen LogP contribution in [0.5, 0.6) is 0 Å². The van der Waals surface area contributed by atoms with E-state index in [4.69, 9.17) is 4.42 Å². The predicted molar refractivity (Wildman–Crippen MR) is 59.9 cm³/mol. The molecule has 2 aromatic rings. The number of nitrogens with zero attached hydrogens (tertiary/aromatic N) is 2. The van der Waals surface area contributed by atoms with Gasteiger partial charge in [0.25, 0.3) is 4.80 Å². The van der Waals surface area contributed by atoms with Crippen LogP contribution < -0.4 is 0 Å². The fourth-order valence-electron chi connectivity index (χ4n) is 1.10. The van der Waals surface area contributed by atoms with E-state index in [1.54, 1.807) is 0 Å². The first kappa shape index (κ1) is 9.86. The number of hydrogen-bond acceptors (Lipinski definition) is 3. The monoisotopic (exact) mass is 316 g/mol. The number of aryl methyl sites for hydroxylation is 1. The summed E-state index contributed by atoms with van der Waals surface area (Å²) in [5.41, 5.74) is 2.06. The Morgan fingerprint density at radius 1 is 1.21 bits per heavy atom. The Morgan fingerprint density at radius 3 is 2.57 bits per heavy atom. The molecular weight excluding hydrogens is 312 g/mol. The third-order valence-electron chi connectivity index (χ3n) is 1.81. The van der Waals surface area contributed by atoms with E-state index in [0.717, 1.165) is 15.6 Å². The molecule has 14 heavy (non-hydrogen) atoms. The van der Waals surface area contributed by atoms with Crippen LogP contribution in [0.2, 0.25) is 0 Å². The molecule has 2 rings (SSSR count). The molecule has 3 nitrogen and oxygen atoms in total. The lowest BCUT2D eigenvalue weighted by molar-refractivity contribution is 0.540. The van der Waals surface area contributed by atoms with Crippen LogP contribution in [-0.4, -0.2) is 10.2 Å². The highest BCUT2D eigenvalue weighted by Crippen LogP contribution is 2.24. The standard InChI is InChI=1S/C9H6Br2N2O/c1-5-4-6(2-3-7(5)10)8-12-13-9(11)14-8/h2-4H,1H3. The molecule has 1 aromatic carbocycles. The van der Waals surface area contributed by atoms with E-state index in [9.17, 15) is 0 Å². The minimum Gasteiger partial charge on any atom is -0.411 e. The molecule has 0 aliphatic heterocycles. The molecule has 0 radical (unpaired) electrons. The van der Waals surface area contributed by atoms with E-state index in [1.807, 2.05) is 25.1 Å². The summed E-state index contributed by atoms with van der Waals surface area (Å²) >= 11 is 6.54. The second-order valence-electron chi connectivity index (χ2n) is 2.82. The van der Waals surface area contributed by atoms with Crippen LogP contribution in [0.4, 0.5) is 0 Å². The Kier molecular flexibility index (Phi) is 2.69. The van der Waals surface area contributed by atoms with Crippen molar-refractivity contribution in [3.05, 3.63) is 33.0 Å². The van der Waals surface area contributed by atoms with Crippen molar-refractivity contribution in [1.29, 1.82) is 0 Å². The molecule has 1 aromatic heterocycles. The van der Waals surface area contributed by atoms with Gasteiger partial charge in [0.15, 0.2) is 0 Å². The van der Waals surface area contributed by atoms with Gasteiger partial charge >= 0.3 is 0 Å². The summed E-state index contributed by atoms with van der Waals surface area (Å²) in [7, 11) is 0. The number of aromatic nitrogens is 2. The lowest BCUT2D eigenvalue weighted by Gasteiger charge is -1.99. The second kappa shape index (κ2) is 3.82. The first-order valence-electron chi connectivity index (χ1n) is 3.92. The highest BCUT2D eigenvalue weighted by molar-refractivity contribution is 9.10. The molecule has 5 heteroatoms. The summed E-state index contributed by atoms with van der Waals surface area (Å²) in [4.78, 5) is 0.396. The Bertz CT molecular complexity index is 468. The molecule has 0 atom stereocenters. The van der Waals surface area contributed by atoms with Crippen molar-refractivity contribution >= 4 is 31.9 Å². The van der Waals surface area contributed by atoms with Gasteiger partial charge in [0.2, 0.25) is 5.89 Å². The minimum atomic E-state index is 0.396. The van der Waals surface area contributed by atoms with E-state index >= 15 is 0 Å². The van der Waals surface area contributed by atoms with Gasteiger partial charge in [0.05, 0.1) is 0 Å². The summed E-state index contributed by atoms with van der Waals surface area (Å²) in [5, 5.41) is 7.61. The highest BCUT2D eigenvalue weighted by atomic mass is 79.9. The van der Waals surface area contributed by atoms with Crippen molar-refractivity contribution in [3.8, 4) is 11.5 Å². The number of hydrogen-bond donors (Lipinski definition) is 0. The smallest absolute Gasteiger partial charge is 0.285 e. The van der Waals surface area contributed by atoms with Crippen molar-refractivity contribution in [2.24, 2.45) is 0 Å². The van der Waals surface area contributed by atoms with Gasteiger partial charge in [-0.2, -0.15) is 0 Å². The second-order valence-corrected chi connectivity index (χ2v) is 4.36. The molecule has 1 heterocycles. The van der Waals surface area contributed by atoms with Crippen molar-refractivity contribution in [1.82, 2.24) is 10.2 Å². The van der Waals surface area contributed by atoms with E-state index in [2.05, 4.69) is 42.1 Å². The van der Waals surface area contributed by atoms with Crippen LogP contribution in [-0.2, 0) is 0 Å². The van der Waals surface area contributed by atoms with Gasteiger partial charge in [-0.25, -0.2) is 0 Å². The van der Waals surface area contributed by atoms with Crippen molar-refractivity contribution in [3.63, 3.8) is 0 Å². The molecule has 0 aliphatic rings. The first-order valence-corrected chi connectivity index (χ1v) is 5.51. The maximum atomic E-state index is 5.24. The molecule has 0 fully saturated rings. The van der Waals surface area contributed by atoms with E-state index in [0.29, 0.717) is 10.7 Å². The molecule has 0 spiro atoms. The van der Waals surface area contributed by atoms with Gasteiger partial charge < -0.3 is 4.42 Å². The van der Waals surface area contributed by atoms with Crippen molar-refractivity contribution in [2.45, 2.75) is 6.92 Å². The zero-order valence-corrected chi connectivity index (χ0v) is 10.5. The largest absolute Gasteiger partial charge is 0.411 e. The molecule has 0 unspecified atom stereocenters. The summed E-state index contributed by atoms with van der Waals surface area (Å²) in [5.74, 6) is 0.521. The van der Waals surface area contributed by atoms with Gasteiger partial charge in [0.1, 0.15) is 0 Å². The van der Waals surface area contributed by atoms with Crippen molar-refractivity contribution < 1.29 is 4.42 Å². The fourth-order valence-corrected chi connectivity index (χ4v) is 1.58. The fraction of sp³-hybridized carbons (Fsp3) is 0.111. The van der Waals surface area contributed by atoms with Crippen LogP contribution in [0.3, 0.4) is 0 Å². The third kappa shape index (κ3) is 1.88. The average Bonchev–Trinajstić information content (AvgIpc) is 2.57. The highest BCUT2D eigenvalue weighted by Gasteiger charge is 2.07. The van der Waals surface area contributed by atoms with Crippen LogP contribution >= 0.6 is 31.9 Å². The Morgan fingerprint density at radius 2 is 2.00 bits per heavy atom. The lowest BCUT2D eigenvalue weighted by atomic mass is 10.1. The number of halogens is 2. The zero-order chi connectivity index (χ0) is 10.1. The van der Waals surface area contributed by atoms with Crippen LogP contribution in [0.1, 0.15) is 5.56 Å². The maximum Gasteiger partial charge on any atom is 0.285 e. The summed E-state index contributed by atoms with van der Waals surface area (Å²) in [6.45, 7) is 2.01. The first-order chi connectivity index (χ1) is 6.66. The molecule has 0 saturated carbocycles. The quantitative estimate of drug-likeness (QED) is 0.807. The lowest BCUT2D eigenvalue weighted by Crippen LogP contribution is -1.81. The SMILES string of the molecule is Cc1cc(-c2nnc(Br)o2)ccc1Br. The van der Waals surface area contributed by atoms with E-state index < -0.39 is 0 Å². The van der Waals surface area contributed by atoms with Gasteiger partial charge in [-0.15, -0.1) is 10.2 Å². The number of benzene rings is 1. The van der Waals surface area contributed by atoms with E-state index in [-0.39, 0.29) is 0 Å². The molecule has 0 saturated heterocycles. The van der Waals surface area contributed by atoms with Gasteiger partial charge in [0, 0.05) is 26.0 Å². The Balaban J connectivity index is 2.47. The molecular formula is C9H6Br2N2O. The molecule has 0 N–H and O–H groups in total. The predicted octanol–water partition coefficient (Wildman–Crippen LogP) is 3.57. The summed E-state index contributed by atoms with van der Waals surface area (Å²) in [6.07, 6.45) is 0. The zero-order valence-electron chi connectivity index (χ0n) is 7.29. The Hall–Kier alpha value is -0.680. The van der Waals surface area contributed by atoms with Gasteiger partial charge in [-0.05, 0) is 30.7 Å². The molecule has 72 valence electrons. The van der Waals surface area contributed by atoms with Crippen LogP contribution in [0.25, 0.3) is 11.5 Å². The van der Waals surface area contributed by atoms with Crippen LogP contribution in [0.15, 0.2) is 31.9 Å². The van der Waals surface area contributed by atoms with E-state index in [1.165, 1.54) is 0 Å². The van der Waals surface area contributed by atoms with Gasteiger partial charge in [-0.3, -0.25) is 0 Å². The summed E-state index contributed by atoms with van der Waals surface area (Å²) in [6, 6.07) is 5.88. The average molecular weight is 318 g/mol. The maximum absolute atomic E-state index is 5.24. The minimum absolute atomic E-state index is 0.396. The molecule has 0 bridgehead atoms. The van der Waals surface area contributed by atoms with Crippen LogP contribution in [0, 0.1) is 6.92 Å². The summed E-state index contributed by atoms with van der Waals surface area (Å²) < 4.78 is 6.31. The Labute approximate surface area is 97.8 Å². The van der Waals surface area contributed by atoms with Crippen molar-refractivity contribution in [2.75, 3.05) is 0 Å².